The molecule has 0 bridgehead atoms. The minimum atomic E-state index is 0.733. The van der Waals surface area contributed by atoms with Crippen LogP contribution in [0, 0.1) is 0 Å². The number of nitrogens with one attached hydrogen (secondary N) is 2. The van der Waals surface area contributed by atoms with Gasteiger partial charge in [0.05, 0.1) is 7.11 Å². The summed E-state index contributed by atoms with van der Waals surface area (Å²) in [5.41, 5.74) is 1.18. The molecule has 1 fully saturated rings. The van der Waals surface area contributed by atoms with Crippen LogP contribution in [0.3, 0.4) is 0 Å². The molecule has 0 atom stereocenters. The van der Waals surface area contributed by atoms with E-state index < -0.39 is 0 Å². The molecule has 5 heteroatoms. The van der Waals surface area contributed by atoms with Gasteiger partial charge in [0, 0.05) is 32.7 Å². The third kappa shape index (κ3) is 5.22. The summed E-state index contributed by atoms with van der Waals surface area (Å²) < 4.78 is 5.24. The van der Waals surface area contributed by atoms with Crippen LogP contribution in [0.5, 0.6) is 5.75 Å². The molecule has 0 aliphatic heterocycles. The van der Waals surface area contributed by atoms with Gasteiger partial charge in [-0.1, -0.05) is 19.1 Å². The van der Waals surface area contributed by atoms with Crippen molar-refractivity contribution in [3.05, 3.63) is 29.8 Å². The fourth-order valence-corrected chi connectivity index (χ4v) is 2.55. The summed E-state index contributed by atoms with van der Waals surface area (Å²) in [6, 6.07) is 8.88. The quantitative estimate of drug-likeness (QED) is 0.568. The molecule has 1 aliphatic rings. The molecule has 122 valence electrons. The summed E-state index contributed by atoms with van der Waals surface area (Å²) in [7, 11) is 3.49. The minimum absolute atomic E-state index is 0.733. The first kappa shape index (κ1) is 16.6. The molecule has 0 spiro atoms. The summed E-state index contributed by atoms with van der Waals surface area (Å²) in [6.07, 6.45) is 2.72. The summed E-state index contributed by atoms with van der Waals surface area (Å²) in [5, 5.41) is 6.72. The summed E-state index contributed by atoms with van der Waals surface area (Å²) >= 11 is 0. The van der Waals surface area contributed by atoms with Crippen molar-refractivity contribution in [2.45, 2.75) is 32.4 Å². The van der Waals surface area contributed by atoms with Crippen LogP contribution in [0.2, 0.25) is 0 Å². The van der Waals surface area contributed by atoms with Crippen LogP contribution < -0.4 is 15.4 Å². The molecule has 2 N–H and O–H groups in total. The predicted molar refractivity (Wildman–Crippen MR) is 91.5 cm³/mol. The van der Waals surface area contributed by atoms with Gasteiger partial charge in [0.2, 0.25) is 0 Å². The number of benzene rings is 1. The van der Waals surface area contributed by atoms with Gasteiger partial charge in [-0.3, -0.25) is 9.89 Å². The van der Waals surface area contributed by atoms with Crippen molar-refractivity contribution in [2.24, 2.45) is 4.99 Å². The van der Waals surface area contributed by atoms with E-state index in [1.54, 1.807) is 14.2 Å². The molecule has 1 aliphatic carbocycles. The number of nitrogens with zero attached hydrogens (tertiary/aromatic N) is 2. The van der Waals surface area contributed by atoms with Gasteiger partial charge in [-0.2, -0.15) is 0 Å². The molecule has 0 heterocycles. The van der Waals surface area contributed by atoms with Crippen LogP contribution in [0.15, 0.2) is 29.3 Å². The lowest BCUT2D eigenvalue weighted by Gasteiger charge is -2.20. The Morgan fingerprint density at radius 2 is 2.18 bits per heavy atom. The Hall–Kier alpha value is -1.75. The Bertz CT molecular complexity index is 485. The van der Waals surface area contributed by atoms with Crippen LogP contribution in [-0.4, -0.2) is 50.7 Å². The van der Waals surface area contributed by atoms with Gasteiger partial charge >= 0.3 is 0 Å². The minimum Gasteiger partial charge on any atom is -0.497 e. The largest absolute Gasteiger partial charge is 0.497 e. The van der Waals surface area contributed by atoms with Crippen LogP contribution in [0.4, 0.5) is 0 Å². The number of aliphatic imine (C=N–C) groups is 1. The molecular weight excluding hydrogens is 276 g/mol. The number of ether oxygens (including phenoxy) is 1. The topological polar surface area (TPSA) is 48.9 Å². The predicted octanol–water partition coefficient (Wildman–Crippen LogP) is 1.84. The molecule has 2 rings (SSSR count). The molecule has 1 aromatic carbocycles. The number of hydrogen-bond donors (Lipinski definition) is 2. The Balaban J connectivity index is 1.72. The zero-order valence-electron chi connectivity index (χ0n) is 13.9. The lowest BCUT2D eigenvalue weighted by molar-refractivity contribution is 0.282. The maximum absolute atomic E-state index is 5.24. The number of guanidine groups is 1. The fraction of sp³-hybridized carbons (Fsp3) is 0.588. The average Bonchev–Trinajstić information content (AvgIpc) is 3.39. The highest BCUT2D eigenvalue weighted by Gasteiger charge is 2.27. The second-order valence-electron chi connectivity index (χ2n) is 5.56. The maximum Gasteiger partial charge on any atom is 0.191 e. The first-order chi connectivity index (χ1) is 10.8. The van der Waals surface area contributed by atoms with Crippen molar-refractivity contribution in [1.82, 2.24) is 15.5 Å². The first-order valence-corrected chi connectivity index (χ1v) is 8.08. The smallest absolute Gasteiger partial charge is 0.191 e. The van der Waals surface area contributed by atoms with Crippen molar-refractivity contribution < 1.29 is 4.74 Å². The first-order valence-electron chi connectivity index (χ1n) is 8.08. The molecule has 0 aromatic heterocycles. The van der Waals surface area contributed by atoms with Crippen molar-refractivity contribution in [3.8, 4) is 5.75 Å². The highest BCUT2D eigenvalue weighted by molar-refractivity contribution is 5.79. The Morgan fingerprint density at radius 3 is 2.82 bits per heavy atom. The molecule has 5 nitrogen and oxygen atoms in total. The Kier molecular flexibility index (Phi) is 6.52. The summed E-state index contributed by atoms with van der Waals surface area (Å²) in [5.74, 6) is 1.72. The highest BCUT2D eigenvalue weighted by atomic mass is 16.5. The van der Waals surface area contributed by atoms with Gasteiger partial charge in [-0.05, 0) is 37.1 Å². The van der Waals surface area contributed by atoms with Gasteiger partial charge in [-0.15, -0.1) is 0 Å². The molecule has 0 saturated heterocycles. The molecule has 1 saturated carbocycles. The van der Waals surface area contributed by atoms with Crippen molar-refractivity contribution in [2.75, 3.05) is 33.8 Å². The van der Waals surface area contributed by atoms with Crippen molar-refractivity contribution in [3.63, 3.8) is 0 Å². The summed E-state index contributed by atoms with van der Waals surface area (Å²) in [6.45, 7) is 6.08. The van der Waals surface area contributed by atoms with Crippen LogP contribution in [0.25, 0.3) is 0 Å². The summed E-state index contributed by atoms with van der Waals surface area (Å²) in [4.78, 5) is 6.80. The second-order valence-corrected chi connectivity index (χ2v) is 5.56. The normalized spacial score (nSPS) is 15.0. The second kappa shape index (κ2) is 8.63. The molecule has 0 radical (unpaired) electrons. The standard InChI is InChI=1S/C17H28N4O/c1-4-21(15-8-9-15)11-10-19-17(18-2)20-13-14-6-5-7-16(12-14)22-3/h5-7,12,15H,4,8-11,13H2,1-3H3,(H2,18,19,20). The van der Waals surface area contributed by atoms with Crippen LogP contribution >= 0.6 is 0 Å². The Labute approximate surface area is 133 Å². The highest BCUT2D eigenvalue weighted by Crippen LogP contribution is 2.25. The third-order valence-corrected chi connectivity index (χ3v) is 3.98. The van der Waals surface area contributed by atoms with E-state index in [1.165, 1.54) is 18.4 Å². The Morgan fingerprint density at radius 1 is 1.36 bits per heavy atom. The van der Waals surface area contributed by atoms with Crippen LogP contribution in [0.1, 0.15) is 25.3 Å². The number of methoxy groups -OCH3 is 1. The lowest BCUT2D eigenvalue weighted by atomic mass is 10.2. The van der Waals surface area contributed by atoms with Gasteiger partial charge in [0.1, 0.15) is 5.75 Å². The van der Waals surface area contributed by atoms with E-state index in [4.69, 9.17) is 4.74 Å². The van der Waals surface area contributed by atoms with E-state index in [0.717, 1.165) is 43.9 Å². The molecule has 22 heavy (non-hydrogen) atoms. The van der Waals surface area contributed by atoms with E-state index in [1.807, 2.05) is 18.2 Å². The maximum atomic E-state index is 5.24. The van der Waals surface area contributed by atoms with Gasteiger partial charge in [-0.25, -0.2) is 0 Å². The lowest BCUT2D eigenvalue weighted by Crippen LogP contribution is -2.41. The monoisotopic (exact) mass is 304 g/mol. The molecule has 0 amide bonds. The van der Waals surface area contributed by atoms with Gasteiger partial charge in [0.25, 0.3) is 0 Å². The zero-order chi connectivity index (χ0) is 15.8. The zero-order valence-corrected chi connectivity index (χ0v) is 13.9. The fourth-order valence-electron chi connectivity index (χ4n) is 2.55. The third-order valence-electron chi connectivity index (χ3n) is 3.98. The molecule has 0 unspecified atom stereocenters. The number of likely N-dealkylation sites (N-methyl/N-ethyl adjacent to an activating group) is 1. The van der Waals surface area contributed by atoms with Gasteiger partial charge < -0.3 is 15.4 Å². The van der Waals surface area contributed by atoms with Gasteiger partial charge in [0.15, 0.2) is 5.96 Å². The van der Waals surface area contributed by atoms with E-state index in [9.17, 15) is 0 Å². The van der Waals surface area contributed by atoms with E-state index in [2.05, 4.69) is 33.5 Å². The van der Waals surface area contributed by atoms with E-state index >= 15 is 0 Å². The van der Waals surface area contributed by atoms with Crippen LogP contribution in [-0.2, 0) is 6.54 Å². The number of rotatable bonds is 8. The van der Waals surface area contributed by atoms with Crippen molar-refractivity contribution in [1.29, 1.82) is 0 Å². The molecular formula is C17H28N4O. The van der Waals surface area contributed by atoms with E-state index in [0.29, 0.717) is 0 Å². The van der Waals surface area contributed by atoms with Crippen molar-refractivity contribution >= 4 is 5.96 Å². The number of hydrogen-bond acceptors (Lipinski definition) is 3. The average molecular weight is 304 g/mol. The molecule has 1 aromatic rings. The van der Waals surface area contributed by atoms with E-state index in [-0.39, 0.29) is 0 Å². The SMILES string of the molecule is CCN(CCNC(=NC)NCc1cccc(OC)c1)C1CC1.